The Morgan fingerprint density at radius 1 is 1.14 bits per heavy atom. The zero-order valence-corrected chi connectivity index (χ0v) is 12.1. The van der Waals surface area contributed by atoms with E-state index in [9.17, 15) is 10.1 Å². The Morgan fingerprint density at radius 3 is 2.76 bits per heavy atom. The topological polar surface area (TPSA) is 78.2 Å². The van der Waals surface area contributed by atoms with E-state index < -0.39 is 4.92 Å². The summed E-state index contributed by atoms with van der Waals surface area (Å²) in [6.07, 6.45) is 1.51. The number of pyridine rings is 2. The molecule has 0 unspecified atom stereocenters. The minimum absolute atomic E-state index is 0.0554. The van der Waals surface area contributed by atoms with Crippen molar-refractivity contribution >= 4 is 32.5 Å². The third-order valence-electron chi connectivity index (χ3n) is 2.81. The van der Waals surface area contributed by atoms with Gasteiger partial charge < -0.3 is 4.74 Å². The molecule has 7 heteroatoms. The zero-order valence-electron chi connectivity index (χ0n) is 10.6. The van der Waals surface area contributed by atoms with Crippen LogP contribution in [0.2, 0.25) is 0 Å². The number of nitro benzene ring substituents is 1. The normalized spacial score (nSPS) is 10.5. The van der Waals surface area contributed by atoms with Gasteiger partial charge in [-0.15, -0.1) is 0 Å². The van der Waals surface area contributed by atoms with Crippen LogP contribution in [0.4, 0.5) is 5.69 Å². The van der Waals surface area contributed by atoms with E-state index in [2.05, 4.69) is 25.9 Å². The van der Waals surface area contributed by atoms with E-state index in [4.69, 9.17) is 4.74 Å². The average molecular weight is 346 g/mol. The van der Waals surface area contributed by atoms with Gasteiger partial charge in [0.2, 0.25) is 5.88 Å². The van der Waals surface area contributed by atoms with Gasteiger partial charge in [-0.05, 0) is 40.2 Å². The first kappa shape index (κ1) is 13.4. The van der Waals surface area contributed by atoms with Gasteiger partial charge >= 0.3 is 0 Å². The van der Waals surface area contributed by atoms with Gasteiger partial charge in [-0.2, -0.15) is 0 Å². The molecule has 0 N–H and O–H groups in total. The predicted molar refractivity (Wildman–Crippen MR) is 80.4 cm³/mol. The lowest BCUT2D eigenvalue weighted by molar-refractivity contribution is -0.383. The van der Waals surface area contributed by atoms with Crippen LogP contribution in [0.1, 0.15) is 0 Å². The molecule has 6 nitrogen and oxygen atoms in total. The molecule has 2 heterocycles. The van der Waals surface area contributed by atoms with Crippen molar-refractivity contribution in [2.75, 3.05) is 0 Å². The SMILES string of the molecule is O=[N+]([O-])c1ccc(Oc2cccc(Br)n2)c2cccnc12. The fourth-order valence-corrected chi connectivity index (χ4v) is 2.25. The van der Waals surface area contributed by atoms with Crippen LogP contribution >= 0.6 is 15.9 Å². The third kappa shape index (κ3) is 2.68. The predicted octanol–water partition coefficient (Wildman–Crippen LogP) is 4.09. The Labute approximate surface area is 127 Å². The Kier molecular flexibility index (Phi) is 3.49. The maximum Gasteiger partial charge on any atom is 0.295 e. The first-order valence-corrected chi connectivity index (χ1v) is 6.77. The van der Waals surface area contributed by atoms with Crippen LogP contribution in [-0.2, 0) is 0 Å². The van der Waals surface area contributed by atoms with E-state index >= 15 is 0 Å². The van der Waals surface area contributed by atoms with Crippen molar-refractivity contribution in [3.63, 3.8) is 0 Å². The third-order valence-corrected chi connectivity index (χ3v) is 3.25. The summed E-state index contributed by atoms with van der Waals surface area (Å²) >= 11 is 3.26. The molecule has 0 aliphatic heterocycles. The highest BCUT2D eigenvalue weighted by atomic mass is 79.9. The molecule has 104 valence electrons. The number of ether oxygens (including phenoxy) is 1. The monoisotopic (exact) mass is 345 g/mol. The number of fused-ring (bicyclic) bond motifs is 1. The van der Waals surface area contributed by atoms with Crippen molar-refractivity contribution < 1.29 is 9.66 Å². The maximum absolute atomic E-state index is 11.0. The molecule has 0 atom stereocenters. The Balaban J connectivity index is 2.12. The van der Waals surface area contributed by atoms with E-state index in [1.807, 2.05) is 0 Å². The van der Waals surface area contributed by atoms with E-state index in [0.717, 1.165) is 0 Å². The molecule has 3 aromatic rings. The standard InChI is InChI=1S/C14H8BrN3O3/c15-12-4-1-5-13(17-12)21-11-7-6-10(18(19)20)14-9(11)3-2-8-16-14/h1-8H. The number of benzene rings is 1. The second-order valence-corrected chi connectivity index (χ2v) is 4.95. The van der Waals surface area contributed by atoms with E-state index in [1.165, 1.54) is 12.3 Å². The molecule has 0 saturated carbocycles. The molecule has 0 aliphatic rings. The van der Waals surface area contributed by atoms with Crippen molar-refractivity contribution in [2.45, 2.75) is 0 Å². The van der Waals surface area contributed by atoms with Crippen LogP contribution in [0.25, 0.3) is 10.9 Å². The largest absolute Gasteiger partial charge is 0.438 e. The number of nitro groups is 1. The second kappa shape index (κ2) is 5.45. The summed E-state index contributed by atoms with van der Waals surface area (Å²) in [5.41, 5.74) is 0.232. The lowest BCUT2D eigenvalue weighted by Gasteiger charge is -2.08. The van der Waals surface area contributed by atoms with Crippen LogP contribution in [0.3, 0.4) is 0 Å². The number of non-ortho nitro benzene ring substituents is 1. The molecule has 0 radical (unpaired) electrons. The van der Waals surface area contributed by atoms with Crippen LogP contribution in [0.15, 0.2) is 53.3 Å². The molecule has 2 aromatic heterocycles. The summed E-state index contributed by atoms with van der Waals surface area (Å²) in [6.45, 7) is 0. The van der Waals surface area contributed by atoms with Crippen molar-refractivity contribution in [3.8, 4) is 11.6 Å². The molecule has 3 rings (SSSR count). The van der Waals surface area contributed by atoms with Gasteiger partial charge in [-0.3, -0.25) is 10.1 Å². The molecule has 1 aromatic carbocycles. The summed E-state index contributed by atoms with van der Waals surface area (Å²) in [5, 5.41) is 11.6. The maximum atomic E-state index is 11.0. The van der Waals surface area contributed by atoms with Gasteiger partial charge in [0.15, 0.2) is 5.52 Å². The van der Waals surface area contributed by atoms with Gasteiger partial charge in [-0.1, -0.05) is 6.07 Å². The number of halogens is 1. The van der Waals surface area contributed by atoms with Gasteiger partial charge in [0.05, 0.1) is 10.3 Å². The quantitative estimate of drug-likeness (QED) is 0.405. The minimum Gasteiger partial charge on any atom is -0.438 e. The molecule has 0 spiro atoms. The van der Waals surface area contributed by atoms with Gasteiger partial charge in [0.25, 0.3) is 5.69 Å². The number of hydrogen-bond acceptors (Lipinski definition) is 5. The van der Waals surface area contributed by atoms with E-state index in [0.29, 0.717) is 21.6 Å². The van der Waals surface area contributed by atoms with Crippen molar-refractivity contribution in [2.24, 2.45) is 0 Å². The van der Waals surface area contributed by atoms with Crippen molar-refractivity contribution in [3.05, 3.63) is 63.4 Å². The highest BCUT2D eigenvalue weighted by Crippen LogP contribution is 2.33. The summed E-state index contributed by atoms with van der Waals surface area (Å²) in [4.78, 5) is 18.8. The summed E-state index contributed by atoms with van der Waals surface area (Å²) in [5.74, 6) is 0.859. The van der Waals surface area contributed by atoms with Gasteiger partial charge in [0.1, 0.15) is 10.4 Å². The van der Waals surface area contributed by atoms with Gasteiger partial charge in [-0.25, -0.2) is 9.97 Å². The highest BCUT2D eigenvalue weighted by Gasteiger charge is 2.16. The Bertz CT molecular complexity index is 839. The number of aromatic nitrogens is 2. The van der Waals surface area contributed by atoms with Crippen molar-refractivity contribution in [1.29, 1.82) is 0 Å². The number of rotatable bonds is 3. The van der Waals surface area contributed by atoms with Crippen LogP contribution in [-0.4, -0.2) is 14.9 Å². The molecule has 0 saturated heterocycles. The second-order valence-electron chi connectivity index (χ2n) is 4.14. The fourth-order valence-electron chi connectivity index (χ4n) is 1.93. The summed E-state index contributed by atoms with van der Waals surface area (Å²) in [7, 11) is 0. The molecule has 21 heavy (non-hydrogen) atoms. The zero-order chi connectivity index (χ0) is 14.8. The lowest BCUT2D eigenvalue weighted by atomic mass is 10.1. The smallest absolute Gasteiger partial charge is 0.295 e. The summed E-state index contributed by atoms with van der Waals surface area (Å²) in [6, 6.07) is 11.6. The van der Waals surface area contributed by atoms with E-state index in [-0.39, 0.29) is 11.2 Å². The molecular formula is C14H8BrN3O3. The van der Waals surface area contributed by atoms with Crippen LogP contribution in [0.5, 0.6) is 11.6 Å². The van der Waals surface area contributed by atoms with Gasteiger partial charge in [0, 0.05) is 18.3 Å². The van der Waals surface area contributed by atoms with Crippen LogP contribution in [0, 0.1) is 10.1 Å². The number of nitrogens with zero attached hydrogens (tertiary/aromatic N) is 3. The molecule has 0 fully saturated rings. The van der Waals surface area contributed by atoms with E-state index in [1.54, 1.807) is 36.4 Å². The molecule has 0 aliphatic carbocycles. The molecule has 0 bridgehead atoms. The van der Waals surface area contributed by atoms with Crippen LogP contribution < -0.4 is 4.74 Å². The first-order chi connectivity index (χ1) is 10.1. The Morgan fingerprint density at radius 2 is 2.00 bits per heavy atom. The lowest BCUT2D eigenvalue weighted by Crippen LogP contribution is -1.94. The number of hydrogen-bond donors (Lipinski definition) is 0. The summed E-state index contributed by atoms with van der Waals surface area (Å²) < 4.78 is 6.35. The van der Waals surface area contributed by atoms with Crippen molar-refractivity contribution in [1.82, 2.24) is 9.97 Å². The minimum atomic E-state index is -0.462. The fraction of sp³-hybridized carbons (Fsp3) is 0. The first-order valence-electron chi connectivity index (χ1n) is 5.98. The highest BCUT2D eigenvalue weighted by molar-refractivity contribution is 9.10. The molecule has 0 amide bonds. The molecular weight excluding hydrogens is 338 g/mol. The Hall–Kier alpha value is -2.54. The average Bonchev–Trinajstić information content (AvgIpc) is 2.47.